The summed E-state index contributed by atoms with van der Waals surface area (Å²) in [6.45, 7) is 6.22. The molecule has 0 aliphatic carbocycles. The Balaban J connectivity index is 1.71. The molecular weight excluding hydrogens is 284 g/mol. The van der Waals surface area contributed by atoms with Gasteiger partial charge in [-0.25, -0.2) is 0 Å². The third-order valence-electron chi connectivity index (χ3n) is 3.58. The van der Waals surface area contributed by atoms with Gasteiger partial charge in [0.1, 0.15) is 0 Å². The minimum atomic E-state index is 0.0927. The van der Waals surface area contributed by atoms with Crippen LogP contribution in [-0.4, -0.2) is 56.5 Å². The lowest BCUT2D eigenvalue weighted by Gasteiger charge is -2.19. The second-order valence-corrected chi connectivity index (χ2v) is 6.58. The van der Waals surface area contributed by atoms with E-state index in [1.54, 1.807) is 11.8 Å². The number of likely N-dealkylation sites (N-methyl/N-ethyl adjacent to an activating group) is 1. The summed E-state index contributed by atoms with van der Waals surface area (Å²) >= 11 is 1.59. The highest BCUT2D eigenvalue weighted by molar-refractivity contribution is 8.00. The molecule has 1 aromatic rings. The first-order valence-corrected chi connectivity index (χ1v) is 8.35. The van der Waals surface area contributed by atoms with Gasteiger partial charge in [0.05, 0.1) is 19.0 Å². The standard InChI is InChI=1S/C16H24N2O2S/c1-13-5-3-4-6-15(13)21-12-16(19)17-9-14-10-18(2)7-8-20-11-14/h3-6,14H,7-12H2,1-2H3,(H,17,19). The van der Waals surface area contributed by atoms with Crippen molar-refractivity contribution in [3.8, 4) is 0 Å². The highest BCUT2D eigenvalue weighted by atomic mass is 32.2. The number of thioether (sulfide) groups is 1. The summed E-state index contributed by atoms with van der Waals surface area (Å²) in [5.74, 6) is 0.939. The SMILES string of the molecule is Cc1ccccc1SCC(=O)NCC1COCCN(C)C1. The third-order valence-corrected chi connectivity index (χ3v) is 4.76. The first kappa shape index (κ1) is 16.3. The molecule has 1 aromatic carbocycles. The fourth-order valence-corrected chi connectivity index (χ4v) is 3.21. The fraction of sp³-hybridized carbons (Fsp3) is 0.562. The Morgan fingerprint density at radius 1 is 1.48 bits per heavy atom. The second kappa shape index (κ2) is 8.41. The number of carbonyl (C=O) groups is 1. The van der Waals surface area contributed by atoms with Crippen molar-refractivity contribution in [1.82, 2.24) is 10.2 Å². The minimum Gasteiger partial charge on any atom is -0.380 e. The number of aryl methyl sites for hydroxylation is 1. The third kappa shape index (κ3) is 5.69. The Morgan fingerprint density at radius 3 is 3.10 bits per heavy atom. The number of hydrogen-bond donors (Lipinski definition) is 1. The van der Waals surface area contributed by atoms with Gasteiger partial charge in [0.15, 0.2) is 0 Å². The molecule has 1 saturated heterocycles. The Labute approximate surface area is 131 Å². The Hall–Kier alpha value is -1.04. The monoisotopic (exact) mass is 308 g/mol. The maximum absolute atomic E-state index is 12.0. The lowest BCUT2D eigenvalue weighted by atomic mass is 10.1. The van der Waals surface area contributed by atoms with Gasteiger partial charge in [0.25, 0.3) is 0 Å². The van der Waals surface area contributed by atoms with Crippen LogP contribution in [0.1, 0.15) is 5.56 Å². The number of benzene rings is 1. The summed E-state index contributed by atoms with van der Waals surface area (Å²) in [4.78, 5) is 15.4. The Kier molecular flexibility index (Phi) is 6.54. The molecule has 0 spiro atoms. The molecule has 0 aromatic heterocycles. The van der Waals surface area contributed by atoms with Crippen molar-refractivity contribution in [1.29, 1.82) is 0 Å². The maximum Gasteiger partial charge on any atom is 0.230 e. The number of carbonyl (C=O) groups excluding carboxylic acids is 1. The first-order chi connectivity index (χ1) is 10.1. The molecule has 1 aliphatic rings. The first-order valence-electron chi connectivity index (χ1n) is 7.36. The van der Waals surface area contributed by atoms with E-state index >= 15 is 0 Å². The van der Waals surface area contributed by atoms with Crippen molar-refractivity contribution in [3.63, 3.8) is 0 Å². The second-order valence-electron chi connectivity index (χ2n) is 5.56. The van der Waals surface area contributed by atoms with E-state index in [0.29, 0.717) is 18.2 Å². The van der Waals surface area contributed by atoms with Gasteiger partial charge in [-0.3, -0.25) is 4.79 Å². The smallest absolute Gasteiger partial charge is 0.230 e. The number of hydrogen-bond acceptors (Lipinski definition) is 4. The van der Waals surface area contributed by atoms with E-state index < -0.39 is 0 Å². The molecule has 1 heterocycles. The van der Waals surface area contributed by atoms with Gasteiger partial charge in [0, 0.05) is 30.4 Å². The van der Waals surface area contributed by atoms with E-state index in [1.165, 1.54) is 10.5 Å². The Bertz CT molecular complexity index is 467. The number of amides is 1. The van der Waals surface area contributed by atoms with E-state index in [9.17, 15) is 4.79 Å². The van der Waals surface area contributed by atoms with Crippen molar-refractivity contribution in [2.24, 2.45) is 5.92 Å². The molecule has 2 rings (SSSR count). The molecule has 0 bridgehead atoms. The van der Waals surface area contributed by atoms with Crippen molar-refractivity contribution >= 4 is 17.7 Å². The van der Waals surface area contributed by atoms with Gasteiger partial charge in [0.2, 0.25) is 5.91 Å². The predicted molar refractivity (Wildman–Crippen MR) is 86.7 cm³/mol. The van der Waals surface area contributed by atoms with Crippen LogP contribution in [0, 0.1) is 12.8 Å². The summed E-state index contributed by atoms with van der Waals surface area (Å²) in [6, 6.07) is 8.15. The molecule has 21 heavy (non-hydrogen) atoms. The van der Waals surface area contributed by atoms with Crippen LogP contribution in [0.5, 0.6) is 0 Å². The molecule has 1 unspecified atom stereocenters. The van der Waals surface area contributed by atoms with Gasteiger partial charge in [-0.05, 0) is 25.6 Å². The minimum absolute atomic E-state index is 0.0927. The highest BCUT2D eigenvalue weighted by Gasteiger charge is 2.16. The summed E-state index contributed by atoms with van der Waals surface area (Å²) < 4.78 is 5.56. The molecular formula is C16H24N2O2S. The van der Waals surface area contributed by atoms with E-state index in [0.717, 1.165) is 26.3 Å². The maximum atomic E-state index is 12.0. The van der Waals surface area contributed by atoms with Gasteiger partial charge < -0.3 is 15.0 Å². The number of nitrogens with zero attached hydrogens (tertiary/aromatic N) is 1. The van der Waals surface area contributed by atoms with Crippen LogP contribution >= 0.6 is 11.8 Å². The molecule has 1 N–H and O–H groups in total. The van der Waals surface area contributed by atoms with Crippen LogP contribution in [0.4, 0.5) is 0 Å². The molecule has 1 aliphatic heterocycles. The van der Waals surface area contributed by atoms with Crippen LogP contribution in [0.15, 0.2) is 29.2 Å². The zero-order chi connectivity index (χ0) is 15.1. The molecule has 1 atom stereocenters. The van der Waals surface area contributed by atoms with Gasteiger partial charge in [-0.15, -0.1) is 11.8 Å². The molecule has 5 heteroatoms. The van der Waals surface area contributed by atoms with Gasteiger partial charge in [-0.2, -0.15) is 0 Å². The van der Waals surface area contributed by atoms with E-state index in [1.807, 2.05) is 12.1 Å². The quantitative estimate of drug-likeness (QED) is 0.842. The van der Waals surface area contributed by atoms with Crippen LogP contribution in [0.2, 0.25) is 0 Å². The average molecular weight is 308 g/mol. The number of rotatable bonds is 5. The Morgan fingerprint density at radius 2 is 2.29 bits per heavy atom. The lowest BCUT2D eigenvalue weighted by Crippen LogP contribution is -2.36. The summed E-state index contributed by atoms with van der Waals surface area (Å²) in [5.41, 5.74) is 1.22. The fourth-order valence-electron chi connectivity index (χ4n) is 2.35. The largest absolute Gasteiger partial charge is 0.380 e. The molecule has 1 fully saturated rings. The molecule has 1 amide bonds. The van der Waals surface area contributed by atoms with E-state index in [-0.39, 0.29) is 5.91 Å². The van der Waals surface area contributed by atoms with Gasteiger partial charge >= 0.3 is 0 Å². The van der Waals surface area contributed by atoms with Crippen LogP contribution in [-0.2, 0) is 9.53 Å². The zero-order valence-corrected chi connectivity index (χ0v) is 13.6. The van der Waals surface area contributed by atoms with Crippen LogP contribution in [0.3, 0.4) is 0 Å². The van der Waals surface area contributed by atoms with Gasteiger partial charge in [-0.1, -0.05) is 18.2 Å². The molecule has 116 valence electrons. The van der Waals surface area contributed by atoms with Crippen LogP contribution in [0.25, 0.3) is 0 Å². The molecule has 4 nitrogen and oxygen atoms in total. The topological polar surface area (TPSA) is 41.6 Å². The lowest BCUT2D eigenvalue weighted by molar-refractivity contribution is -0.118. The summed E-state index contributed by atoms with van der Waals surface area (Å²) in [5, 5.41) is 3.02. The highest BCUT2D eigenvalue weighted by Crippen LogP contribution is 2.21. The number of ether oxygens (including phenoxy) is 1. The van der Waals surface area contributed by atoms with E-state index in [2.05, 4.69) is 36.3 Å². The zero-order valence-electron chi connectivity index (χ0n) is 12.8. The van der Waals surface area contributed by atoms with Crippen molar-refractivity contribution in [2.75, 3.05) is 45.6 Å². The number of nitrogens with one attached hydrogen (secondary N) is 1. The summed E-state index contributed by atoms with van der Waals surface area (Å²) in [6.07, 6.45) is 0. The normalized spacial score (nSPS) is 20.0. The predicted octanol–water partition coefficient (Wildman–Crippen LogP) is 1.78. The average Bonchev–Trinajstić information content (AvgIpc) is 2.68. The van der Waals surface area contributed by atoms with Crippen molar-refractivity contribution in [2.45, 2.75) is 11.8 Å². The van der Waals surface area contributed by atoms with Crippen molar-refractivity contribution < 1.29 is 9.53 Å². The molecule has 0 radical (unpaired) electrons. The summed E-state index contributed by atoms with van der Waals surface area (Å²) in [7, 11) is 2.09. The van der Waals surface area contributed by atoms with Crippen molar-refractivity contribution in [3.05, 3.63) is 29.8 Å². The van der Waals surface area contributed by atoms with E-state index in [4.69, 9.17) is 4.74 Å². The van der Waals surface area contributed by atoms with Crippen LogP contribution < -0.4 is 5.32 Å². The molecule has 0 saturated carbocycles.